The van der Waals surface area contributed by atoms with E-state index in [1.807, 2.05) is 12.1 Å². The zero-order valence-electron chi connectivity index (χ0n) is 13.0. The van der Waals surface area contributed by atoms with Crippen molar-refractivity contribution < 1.29 is 14.3 Å². The Balaban J connectivity index is 1.82. The van der Waals surface area contributed by atoms with Gasteiger partial charge in [0.25, 0.3) is 0 Å². The number of ether oxygens (including phenoxy) is 2. The van der Waals surface area contributed by atoms with Crippen molar-refractivity contribution in [1.29, 1.82) is 0 Å². The number of methoxy groups -OCH3 is 2. The van der Waals surface area contributed by atoms with Gasteiger partial charge in [0.1, 0.15) is 11.5 Å². The third-order valence-corrected chi connectivity index (χ3v) is 5.10. The Labute approximate surface area is 126 Å². The number of hydrogen-bond donors (Lipinski definition) is 0. The Morgan fingerprint density at radius 1 is 1.05 bits per heavy atom. The maximum Gasteiger partial charge on any atom is 0.166 e. The van der Waals surface area contributed by atoms with Gasteiger partial charge in [-0.1, -0.05) is 0 Å². The van der Waals surface area contributed by atoms with Gasteiger partial charge < -0.3 is 14.4 Å². The standard InChI is InChI=1S/C17H23NO3/c1-18-13-4-5-14(18)7-11(6-13)17(19)12-8-15(20-2)10-16(9-12)21-3/h8-11,13-14H,4-7H2,1-3H3. The van der Waals surface area contributed by atoms with Crippen molar-refractivity contribution in [3.63, 3.8) is 0 Å². The van der Waals surface area contributed by atoms with Crippen molar-refractivity contribution in [2.24, 2.45) is 5.92 Å². The van der Waals surface area contributed by atoms with E-state index in [4.69, 9.17) is 9.47 Å². The third kappa shape index (κ3) is 2.64. The molecule has 1 aromatic rings. The summed E-state index contributed by atoms with van der Waals surface area (Å²) in [6, 6.07) is 6.60. The minimum Gasteiger partial charge on any atom is -0.497 e. The van der Waals surface area contributed by atoms with Crippen LogP contribution in [-0.4, -0.2) is 44.0 Å². The molecule has 2 aliphatic rings. The molecule has 114 valence electrons. The molecule has 2 atom stereocenters. The predicted molar refractivity (Wildman–Crippen MR) is 81.2 cm³/mol. The van der Waals surface area contributed by atoms with Gasteiger partial charge in [-0.3, -0.25) is 4.79 Å². The quantitative estimate of drug-likeness (QED) is 0.799. The molecule has 2 heterocycles. The monoisotopic (exact) mass is 289 g/mol. The number of benzene rings is 1. The zero-order chi connectivity index (χ0) is 15.0. The molecule has 0 spiro atoms. The van der Waals surface area contributed by atoms with Gasteiger partial charge in [0.15, 0.2) is 5.78 Å². The number of Topliss-reactive ketones (excluding diaryl/α,β-unsaturated/α-hetero) is 1. The molecule has 2 saturated heterocycles. The van der Waals surface area contributed by atoms with Crippen LogP contribution < -0.4 is 9.47 Å². The van der Waals surface area contributed by atoms with E-state index in [1.54, 1.807) is 20.3 Å². The Morgan fingerprint density at radius 2 is 1.57 bits per heavy atom. The summed E-state index contributed by atoms with van der Waals surface area (Å²) in [5, 5.41) is 0. The van der Waals surface area contributed by atoms with Gasteiger partial charge in [-0.05, 0) is 44.9 Å². The van der Waals surface area contributed by atoms with E-state index in [0.29, 0.717) is 29.1 Å². The summed E-state index contributed by atoms with van der Waals surface area (Å²) in [7, 11) is 5.41. The highest BCUT2D eigenvalue weighted by atomic mass is 16.5. The van der Waals surface area contributed by atoms with Crippen molar-refractivity contribution in [2.75, 3.05) is 21.3 Å². The molecule has 3 rings (SSSR count). The maximum atomic E-state index is 12.8. The normalized spacial score (nSPS) is 28.4. The van der Waals surface area contributed by atoms with Crippen molar-refractivity contribution in [1.82, 2.24) is 4.90 Å². The highest BCUT2D eigenvalue weighted by Crippen LogP contribution is 2.39. The highest BCUT2D eigenvalue weighted by Gasteiger charge is 2.41. The van der Waals surface area contributed by atoms with E-state index in [9.17, 15) is 4.79 Å². The Hall–Kier alpha value is -1.55. The number of fused-ring (bicyclic) bond motifs is 2. The Kier molecular flexibility index (Phi) is 3.89. The number of ketones is 1. The smallest absolute Gasteiger partial charge is 0.166 e. The number of rotatable bonds is 4. The topological polar surface area (TPSA) is 38.8 Å². The first-order valence-electron chi connectivity index (χ1n) is 7.61. The number of piperidine rings is 1. The van der Waals surface area contributed by atoms with Gasteiger partial charge in [-0.25, -0.2) is 0 Å². The van der Waals surface area contributed by atoms with Crippen LogP contribution in [0.2, 0.25) is 0 Å². The predicted octanol–water partition coefficient (Wildman–Crippen LogP) is 2.76. The molecule has 0 amide bonds. The summed E-state index contributed by atoms with van der Waals surface area (Å²) in [4.78, 5) is 15.3. The molecule has 0 aliphatic carbocycles. The Morgan fingerprint density at radius 3 is 2.05 bits per heavy atom. The first-order valence-corrected chi connectivity index (χ1v) is 7.61. The molecule has 1 aromatic carbocycles. The molecule has 0 N–H and O–H groups in total. The lowest BCUT2D eigenvalue weighted by molar-refractivity contribution is 0.0766. The second-order valence-electron chi connectivity index (χ2n) is 6.18. The van der Waals surface area contributed by atoms with Gasteiger partial charge in [-0.15, -0.1) is 0 Å². The van der Waals surface area contributed by atoms with Gasteiger partial charge in [-0.2, -0.15) is 0 Å². The molecule has 2 bridgehead atoms. The fourth-order valence-corrected chi connectivity index (χ4v) is 3.81. The van der Waals surface area contributed by atoms with Crippen molar-refractivity contribution in [3.05, 3.63) is 23.8 Å². The molecule has 2 aliphatic heterocycles. The summed E-state index contributed by atoms with van der Waals surface area (Å²) < 4.78 is 10.5. The molecular formula is C17H23NO3. The summed E-state index contributed by atoms with van der Waals surface area (Å²) >= 11 is 0. The second kappa shape index (κ2) is 5.68. The van der Waals surface area contributed by atoms with Crippen LogP contribution in [0.1, 0.15) is 36.0 Å². The average molecular weight is 289 g/mol. The average Bonchev–Trinajstić information content (AvgIpc) is 2.74. The SMILES string of the molecule is COc1cc(OC)cc(C(=O)C2CC3CCC(C2)N3C)c1. The molecule has 21 heavy (non-hydrogen) atoms. The molecule has 2 unspecified atom stereocenters. The summed E-state index contributed by atoms with van der Waals surface area (Å²) in [6.45, 7) is 0. The first-order chi connectivity index (χ1) is 10.1. The van der Waals surface area contributed by atoms with Crippen molar-refractivity contribution in [3.8, 4) is 11.5 Å². The summed E-state index contributed by atoms with van der Waals surface area (Å²) in [5.74, 6) is 1.72. The van der Waals surface area contributed by atoms with Gasteiger partial charge in [0.05, 0.1) is 14.2 Å². The van der Waals surface area contributed by atoms with E-state index >= 15 is 0 Å². The molecular weight excluding hydrogens is 266 g/mol. The van der Waals surface area contributed by atoms with Crippen molar-refractivity contribution >= 4 is 5.78 Å². The van der Waals surface area contributed by atoms with Crippen molar-refractivity contribution in [2.45, 2.75) is 37.8 Å². The van der Waals surface area contributed by atoms with Crippen LogP contribution >= 0.6 is 0 Å². The second-order valence-corrected chi connectivity index (χ2v) is 6.18. The lowest BCUT2D eigenvalue weighted by atomic mass is 9.85. The van der Waals surface area contributed by atoms with Crippen LogP contribution in [0.3, 0.4) is 0 Å². The van der Waals surface area contributed by atoms with E-state index < -0.39 is 0 Å². The van der Waals surface area contributed by atoms with E-state index in [1.165, 1.54) is 12.8 Å². The van der Waals surface area contributed by atoms with Gasteiger partial charge in [0, 0.05) is 29.6 Å². The fourth-order valence-electron chi connectivity index (χ4n) is 3.81. The van der Waals surface area contributed by atoms with Crippen LogP contribution in [0.15, 0.2) is 18.2 Å². The van der Waals surface area contributed by atoms with Crippen LogP contribution in [0, 0.1) is 5.92 Å². The van der Waals surface area contributed by atoms with Crippen LogP contribution in [0.25, 0.3) is 0 Å². The molecule has 2 fully saturated rings. The molecule has 4 heteroatoms. The summed E-state index contributed by atoms with van der Waals surface area (Å²) in [5.41, 5.74) is 0.708. The summed E-state index contributed by atoms with van der Waals surface area (Å²) in [6.07, 6.45) is 4.41. The lowest BCUT2D eigenvalue weighted by Crippen LogP contribution is -2.42. The van der Waals surface area contributed by atoms with E-state index in [2.05, 4.69) is 11.9 Å². The number of carbonyl (C=O) groups is 1. The largest absolute Gasteiger partial charge is 0.497 e. The number of carbonyl (C=O) groups excluding carboxylic acids is 1. The highest BCUT2D eigenvalue weighted by molar-refractivity contribution is 5.98. The van der Waals surface area contributed by atoms with E-state index in [-0.39, 0.29) is 11.7 Å². The van der Waals surface area contributed by atoms with Crippen LogP contribution in [-0.2, 0) is 0 Å². The van der Waals surface area contributed by atoms with Crippen LogP contribution in [0.5, 0.6) is 11.5 Å². The minimum absolute atomic E-state index is 0.135. The zero-order valence-corrected chi connectivity index (χ0v) is 13.0. The fraction of sp³-hybridized carbons (Fsp3) is 0.588. The molecule has 4 nitrogen and oxygen atoms in total. The van der Waals surface area contributed by atoms with Gasteiger partial charge in [0.2, 0.25) is 0 Å². The first kappa shape index (κ1) is 14.4. The molecule has 0 aromatic heterocycles. The van der Waals surface area contributed by atoms with Gasteiger partial charge >= 0.3 is 0 Å². The van der Waals surface area contributed by atoms with Crippen LogP contribution in [0.4, 0.5) is 0 Å². The molecule has 0 radical (unpaired) electrons. The lowest BCUT2D eigenvalue weighted by Gasteiger charge is -2.35. The number of nitrogens with zero attached hydrogens (tertiary/aromatic N) is 1. The maximum absolute atomic E-state index is 12.8. The van der Waals surface area contributed by atoms with E-state index in [0.717, 1.165) is 12.8 Å². The third-order valence-electron chi connectivity index (χ3n) is 5.10. The number of hydrogen-bond acceptors (Lipinski definition) is 4. The molecule has 0 saturated carbocycles. The Bertz CT molecular complexity index is 507. The minimum atomic E-state index is 0.135.